The number of carbonyl (C=O) groups excluding carboxylic acids is 1. The van der Waals surface area contributed by atoms with Crippen molar-refractivity contribution in [2.75, 3.05) is 40.0 Å². The Balaban J connectivity index is 1.53. The summed E-state index contributed by atoms with van der Waals surface area (Å²) in [7, 11) is 1.64. The highest BCUT2D eigenvalue weighted by atomic mass is 35.5. The van der Waals surface area contributed by atoms with Gasteiger partial charge in [0.2, 0.25) is 0 Å². The van der Waals surface area contributed by atoms with E-state index >= 15 is 0 Å². The molecule has 1 aliphatic heterocycles. The fourth-order valence-electron chi connectivity index (χ4n) is 3.07. The lowest BCUT2D eigenvalue weighted by atomic mass is 9.96. The summed E-state index contributed by atoms with van der Waals surface area (Å²) >= 11 is 5.95. The average molecular weight is 339 g/mol. The minimum Gasteiger partial charge on any atom is -0.382 e. The standard InChI is InChI=1S/C17H23ClN2O3/c1-22-11-15-10-20(8-9-23-15)16(21)19-12-17(6-7-17)13-2-4-14(18)5-3-13/h2-5,15H,6-12H2,1H3,(H,19,21). The number of methoxy groups -OCH3 is 1. The van der Waals surface area contributed by atoms with Gasteiger partial charge in [-0.15, -0.1) is 0 Å². The summed E-state index contributed by atoms with van der Waals surface area (Å²) in [5.74, 6) is 0. The first-order valence-corrected chi connectivity index (χ1v) is 8.40. The van der Waals surface area contributed by atoms with Crippen LogP contribution in [0, 0.1) is 0 Å². The van der Waals surface area contributed by atoms with E-state index in [4.69, 9.17) is 21.1 Å². The van der Waals surface area contributed by atoms with Crippen molar-refractivity contribution in [2.45, 2.75) is 24.4 Å². The van der Waals surface area contributed by atoms with Gasteiger partial charge in [0.05, 0.1) is 25.9 Å². The highest BCUT2D eigenvalue weighted by Gasteiger charge is 2.44. The first-order chi connectivity index (χ1) is 11.1. The van der Waals surface area contributed by atoms with Crippen LogP contribution in [0.2, 0.25) is 5.02 Å². The van der Waals surface area contributed by atoms with Gasteiger partial charge in [0.25, 0.3) is 0 Å². The van der Waals surface area contributed by atoms with Crippen molar-refractivity contribution in [2.24, 2.45) is 0 Å². The Hall–Kier alpha value is -1.30. The molecule has 0 aromatic heterocycles. The lowest BCUT2D eigenvalue weighted by Gasteiger charge is -2.33. The average Bonchev–Trinajstić information content (AvgIpc) is 3.35. The SMILES string of the molecule is COCC1CN(C(=O)NCC2(c3ccc(Cl)cc3)CC2)CCO1. The molecule has 5 nitrogen and oxygen atoms in total. The van der Waals surface area contributed by atoms with Crippen molar-refractivity contribution in [3.8, 4) is 0 Å². The van der Waals surface area contributed by atoms with Gasteiger partial charge in [-0.1, -0.05) is 23.7 Å². The van der Waals surface area contributed by atoms with Crippen LogP contribution in [0.25, 0.3) is 0 Å². The van der Waals surface area contributed by atoms with Crippen molar-refractivity contribution in [1.82, 2.24) is 10.2 Å². The molecule has 0 bridgehead atoms. The molecule has 23 heavy (non-hydrogen) atoms. The maximum Gasteiger partial charge on any atom is 0.317 e. The quantitative estimate of drug-likeness (QED) is 0.897. The van der Waals surface area contributed by atoms with E-state index in [1.165, 1.54) is 5.56 Å². The Kier molecular flexibility index (Phi) is 5.09. The van der Waals surface area contributed by atoms with Crippen LogP contribution in [0.3, 0.4) is 0 Å². The number of halogens is 1. The Morgan fingerprint density at radius 1 is 1.43 bits per heavy atom. The monoisotopic (exact) mass is 338 g/mol. The van der Waals surface area contributed by atoms with Gasteiger partial charge < -0.3 is 19.7 Å². The normalized spacial score (nSPS) is 22.7. The van der Waals surface area contributed by atoms with Gasteiger partial charge in [0.15, 0.2) is 0 Å². The largest absolute Gasteiger partial charge is 0.382 e. The zero-order chi connectivity index (χ0) is 16.3. The minimum atomic E-state index is -0.0364. The van der Waals surface area contributed by atoms with Gasteiger partial charge in [-0.25, -0.2) is 4.79 Å². The number of morpholine rings is 1. The second kappa shape index (κ2) is 7.07. The first kappa shape index (κ1) is 16.6. The number of urea groups is 1. The smallest absolute Gasteiger partial charge is 0.317 e. The van der Waals surface area contributed by atoms with E-state index in [2.05, 4.69) is 17.4 Å². The Morgan fingerprint density at radius 2 is 2.17 bits per heavy atom. The van der Waals surface area contributed by atoms with Crippen LogP contribution in [0.15, 0.2) is 24.3 Å². The minimum absolute atomic E-state index is 0.0189. The number of rotatable bonds is 5. The summed E-state index contributed by atoms with van der Waals surface area (Å²) in [4.78, 5) is 14.2. The number of hydrogen-bond donors (Lipinski definition) is 1. The molecule has 1 aliphatic carbocycles. The zero-order valence-corrected chi connectivity index (χ0v) is 14.1. The molecule has 0 radical (unpaired) electrons. The zero-order valence-electron chi connectivity index (χ0n) is 13.4. The molecule has 2 aliphatic rings. The first-order valence-electron chi connectivity index (χ1n) is 8.02. The second-order valence-electron chi connectivity index (χ2n) is 6.34. The third-order valence-electron chi connectivity index (χ3n) is 4.67. The van der Waals surface area contributed by atoms with E-state index in [1.807, 2.05) is 17.0 Å². The van der Waals surface area contributed by atoms with Gasteiger partial charge in [-0.3, -0.25) is 0 Å². The molecule has 1 saturated heterocycles. The van der Waals surface area contributed by atoms with E-state index in [0.717, 1.165) is 17.9 Å². The summed E-state index contributed by atoms with van der Waals surface area (Å²) in [6, 6.07) is 7.93. The van der Waals surface area contributed by atoms with Crippen molar-refractivity contribution >= 4 is 17.6 Å². The third-order valence-corrected chi connectivity index (χ3v) is 4.92. The topological polar surface area (TPSA) is 50.8 Å². The number of carbonyl (C=O) groups is 1. The number of ether oxygens (including phenoxy) is 2. The molecule has 3 rings (SSSR count). The summed E-state index contributed by atoms with van der Waals surface area (Å²) in [6.45, 7) is 2.94. The van der Waals surface area contributed by atoms with Gasteiger partial charge in [0.1, 0.15) is 0 Å². The van der Waals surface area contributed by atoms with E-state index in [0.29, 0.717) is 32.8 Å². The highest BCUT2D eigenvalue weighted by molar-refractivity contribution is 6.30. The van der Waals surface area contributed by atoms with Gasteiger partial charge >= 0.3 is 6.03 Å². The van der Waals surface area contributed by atoms with Gasteiger partial charge in [-0.05, 0) is 30.5 Å². The Labute approximate surface area is 141 Å². The van der Waals surface area contributed by atoms with Crippen molar-refractivity contribution in [3.05, 3.63) is 34.9 Å². The van der Waals surface area contributed by atoms with Crippen LogP contribution < -0.4 is 5.32 Å². The Morgan fingerprint density at radius 3 is 2.83 bits per heavy atom. The van der Waals surface area contributed by atoms with E-state index < -0.39 is 0 Å². The number of nitrogens with zero attached hydrogens (tertiary/aromatic N) is 1. The highest BCUT2D eigenvalue weighted by Crippen LogP contribution is 2.47. The second-order valence-corrected chi connectivity index (χ2v) is 6.78. The maximum absolute atomic E-state index is 12.4. The van der Waals surface area contributed by atoms with Crippen LogP contribution in [-0.4, -0.2) is 57.0 Å². The number of amides is 2. The van der Waals surface area contributed by atoms with Crippen LogP contribution >= 0.6 is 11.6 Å². The maximum atomic E-state index is 12.4. The fourth-order valence-corrected chi connectivity index (χ4v) is 3.19. The molecule has 2 amide bonds. The number of benzene rings is 1. The van der Waals surface area contributed by atoms with Crippen LogP contribution in [0.4, 0.5) is 4.79 Å². The molecule has 1 aromatic carbocycles. The van der Waals surface area contributed by atoms with Crippen molar-refractivity contribution in [1.29, 1.82) is 0 Å². The number of nitrogens with one attached hydrogen (secondary N) is 1. The third kappa shape index (κ3) is 3.97. The molecule has 6 heteroatoms. The van der Waals surface area contributed by atoms with E-state index in [9.17, 15) is 4.79 Å². The van der Waals surface area contributed by atoms with E-state index in [-0.39, 0.29) is 17.6 Å². The molecule has 1 aromatic rings. The molecule has 1 heterocycles. The fraction of sp³-hybridized carbons (Fsp3) is 0.588. The summed E-state index contributed by atoms with van der Waals surface area (Å²) in [5, 5.41) is 3.83. The molecule has 126 valence electrons. The summed E-state index contributed by atoms with van der Waals surface area (Å²) in [5.41, 5.74) is 1.33. The molecule has 1 N–H and O–H groups in total. The lowest BCUT2D eigenvalue weighted by Crippen LogP contribution is -2.51. The molecule has 0 spiro atoms. The molecule has 2 fully saturated rings. The van der Waals surface area contributed by atoms with Gasteiger partial charge in [-0.2, -0.15) is 0 Å². The summed E-state index contributed by atoms with van der Waals surface area (Å²) < 4.78 is 10.7. The van der Waals surface area contributed by atoms with Crippen LogP contribution in [0.5, 0.6) is 0 Å². The molecule has 1 saturated carbocycles. The predicted molar refractivity (Wildman–Crippen MR) is 89.0 cm³/mol. The molecule has 1 unspecified atom stereocenters. The Bertz CT molecular complexity index is 543. The van der Waals surface area contributed by atoms with E-state index in [1.54, 1.807) is 7.11 Å². The van der Waals surface area contributed by atoms with Crippen LogP contribution in [0.1, 0.15) is 18.4 Å². The molecule has 1 atom stereocenters. The van der Waals surface area contributed by atoms with Crippen molar-refractivity contribution in [3.63, 3.8) is 0 Å². The molecular formula is C17H23ClN2O3. The molecular weight excluding hydrogens is 316 g/mol. The predicted octanol–water partition coefficient (Wildman–Crippen LogP) is 2.43. The number of hydrogen-bond acceptors (Lipinski definition) is 3. The summed E-state index contributed by atoms with van der Waals surface area (Å²) in [6.07, 6.45) is 2.17. The lowest BCUT2D eigenvalue weighted by molar-refractivity contribution is -0.0494. The van der Waals surface area contributed by atoms with Crippen molar-refractivity contribution < 1.29 is 14.3 Å². The van der Waals surface area contributed by atoms with Gasteiger partial charge in [0, 0.05) is 30.6 Å². The van der Waals surface area contributed by atoms with Crippen LogP contribution in [-0.2, 0) is 14.9 Å².